The van der Waals surface area contributed by atoms with E-state index in [0.717, 1.165) is 11.3 Å². The Kier molecular flexibility index (Phi) is 6.60. The molecule has 26 heavy (non-hydrogen) atoms. The standard InChI is InChI=1S/C17H17BrN4O3S/c1-4-25-13-6-10(5-12(18)14(13)24-3)8-21-22-17(23)15-9(2)11(7-19)16(20)26-15/h5-6,8H,4,20H2,1-3H3,(H,22,23). The Morgan fingerprint density at radius 3 is 2.85 bits per heavy atom. The molecule has 3 N–H and O–H groups in total. The predicted molar refractivity (Wildman–Crippen MR) is 105 cm³/mol. The zero-order valence-electron chi connectivity index (χ0n) is 14.4. The Hall–Kier alpha value is -2.57. The van der Waals surface area contributed by atoms with Gasteiger partial charge in [-0.3, -0.25) is 4.79 Å². The molecular formula is C17H17BrN4O3S. The van der Waals surface area contributed by atoms with Crippen LogP contribution in [-0.2, 0) is 0 Å². The number of nitrogens with two attached hydrogens (primary N) is 1. The third-order valence-corrected chi connectivity index (χ3v) is 5.12. The highest BCUT2D eigenvalue weighted by Crippen LogP contribution is 2.36. The van der Waals surface area contributed by atoms with Crippen molar-refractivity contribution in [2.45, 2.75) is 13.8 Å². The van der Waals surface area contributed by atoms with Gasteiger partial charge in [-0.1, -0.05) is 0 Å². The van der Waals surface area contributed by atoms with Gasteiger partial charge in [-0.05, 0) is 53.0 Å². The average Bonchev–Trinajstić information content (AvgIpc) is 2.89. The van der Waals surface area contributed by atoms with Crippen molar-refractivity contribution in [3.8, 4) is 17.6 Å². The number of thiophene rings is 1. The summed E-state index contributed by atoms with van der Waals surface area (Å²) in [4.78, 5) is 12.6. The molecule has 0 fully saturated rings. The molecule has 9 heteroatoms. The third kappa shape index (κ3) is 4.15. The number of carbonyl (C=O) groups excluding carboxylic acids is 1. The minimum atomic E-state index is -0.422. The number of amides is 1. The van der Waals surface area contributed by atoms with E-state index < -0.39 is 5.91 Å². The first-order chi connectivity index (χ1) is 12.4. The summed E-state index contributed by atoms with van der Waals surface area (Å²) in [6.07, 6.45) is 1.49. The number of anilines is 1. The summed E-state index contributed by atoms with van der Waals surface area (Å²) < 4.78 is 11.5. The zero-order valence-corrected chi connectivity index (χ0v) is 16.8. The number of nitrogen functional groups attached to an aromatic ring is 1. The molecule has 7 nitrogen and oxygen atoms in total. The Morgan fingerprint density at radius 2 is 2.27 bits per heavy atom. The van der Waals surface area contributed by atoms with Gasteiger partial charge in [0.05, 0.1) is 30.0 Å². The molecule has 1 amide bonds. The molecule has 0 spiro atoms. The number of carbonyl (C=O) groups is 1. The van der Waals surface area contributed by atoms with Crippen molar-refractivity contribution in [3.05, 3.63) is 38.2 Å². The lowest BCUT2D eigenvalue weighted by molar-refractivity contribution is 0.0958. The van der Waals surface area contributed by atoms with Crippen molar-refractivity contribution < 1.29 is 14.3 Å². The molecule has 0 aliphatic carbocycles. The number of methoxy groups -OCH3 is 1. The number of hydrogen-bond donors (Lipinski definition) is 2. The highest BCUT2D eigenvalue weighted by Gasteiger charge is 2.18. The largest absolute Gasteiger partial charge is 0.492 e. The van der Waals surface area contributed by atoms with Crippen LogP contribution in [0.1, 0.15) is 33.3 Å². The fourth-order valence-corrected chi connectivity index (χ4v) is 3.77. The molecule has 0 aliphatic rings. The summed E-state index contributed by atoms with van der Waals surface area (Å²) in [5, 5.41) is 13.3. The van der Waals surface area contributed by atoms with Crippen LogP contribution >= 0.6 is 27.3 Å². The van der Waals surface area contributed by atoms with Gasteiger partial charge in [0.15, 0.2) is 11.5 Å². The molecule has 1 heterocycles. The topological polar surface area (TPSA) is 110 Å². The van der Waals surface area contributed by atoms with Gasteiger partial charge >= 0.3 is 0 Å². The number of rotatable bonds is 6. The van der Waals surface area contributed by atoms with Crippen LogP contribution in [0.4, 0.5) is 5.00 Å². The average molecular weight is 437 g/mol. The summed E-state index contributed by atoms with van der Waals surface area (Å²) in [6, 6.07) is 5.54. The maximum absolute atomic E-state index is 12.2. The fraction of sp³-hybridized carbons (Fsp3) is 0.235. The van der Waals surface area contributed by atoms with Gasteiger partial charge < -0.3 is 15.2 Å². The molecule has 0 atom stereocenters. The Bertz CT molecular complexity index is 902. The number of nitrogens with one attached hydrogen (secondary N) is 1. The van der Waals surface area contributed by atoms with E-state index in [-0.39, 0.29) is 0 Å². The lowest BCUT2D eigenvalue weighted by atomic mass is 10.2. The lowest BCUT2D eigenvalue weighted by Crippen LogP contribution is -2.17. The summed E-state index contributed by atoms with van der Waals surface area (Å²) in [7, 11) is 1.56. The second kappa shape index (κ2) is 8.69. The van der Waals surface area contributed by atoms with Crippen LogP contribution in [0.2, 0.25) is 0 Å². The van der Waals surface area contributed by atoms with E-state index in [0.29, 0.717) is 49.1 Å². The van der Waals surface area contributed by atoms with Gasteiger partial charge in [0.25, 0.3) is 5.91 Å². The first kappa shape index (κ1) is 19.8. The molecule has 1 aromatic carbocycles. The Morgan fingerprint density at radius 1 is 1.54 bits per heavy atom. The third-order valence-electron chi connectivity index (χ3n) is 3.41. The SMILES string of the molecule is CCOc1cc(C=NNC(=O)c2sc(N)c(C#N)c2C)cc(Br)c1OC. The first-order valence-electron chi connectivity index (χ1n) is 7.55. The van der Waals surface area contributed by atoms with Crippen molar-refractivity contribution in [1.29, 1.82) is 5.26 Å². The van der Waals surface area contributed by atoms with E-state index in [1.54, 1.807) is 26.2 Å². The first-order valence-corrected chi connectivity index (χ1v) is 9.16. The maximum atomic E-state index is 12.2. The second-order valence-electron chi connectivity index (χ2n) is 5.07. The monoisotopic (exact) mass is 436 g/mol. The molecule has 0 saturated heterocycles. The van der Waals surface area contributed by atoms with Crippen LogP contribution in [0, 0.1) is 18.3 Å². The number of hydrogen-bond acceptors (Lipinski definition) is 7. The molecule has 0 radical (unpaired) electrons. The molecular weight excluding hydrogens is 420 g/mol. The van der Waals surface area contributed by atoms with E-state index >= 15 is 0 Å². The Balaban J connectivity index is 2.18. The van der Waals surface area contributed by atoms with Crippen molar-refractivity contribution in [3.63, 3.8) is 0 Å². The second-order valence-corrected chi connectivity index (χ2v) is 6.98. The molecule has 0 bridgehead atoms. The maximum Gasteiger partial charge on any atom is 0.281 e. The van der Waals surface area contributed by atoms with E-state index in [1.807, 2.05) is 13.0 Å². The van der Waals surface area contributed by atoms with Gasteiger partial charge in [0.1, 0.15) is 15.9 Å². The molecule has 2 rings (SSSR count). The summed E-state index contributed by atoms with van der Waals surface area (Å²) in [5.41, 5.74) is 9.77. The number of ether oxygens (including phenoxy) is 2. The summed E-state index contributed by atoms with van der Waals surface area (Å²) in [5.74, 6) is 0.731. The van der Waals surface area contributed by atoms with Gasteiger partial charge in [-0.25, -0.2) is 5.43 Å². The normalized spacial score (nSPS) is 10.6. The van der Waals surface area contributed by atoms with E-state index in [9.17, 15) is 4.79 Å². The molecule has 0 unspecified atom stereocenters. The van der Waals surface area contributed by atoms with E-state index in [4.69, 9.17) is 20.5 Å². The highest BCUT2D eigenvalue weighted by atomic mass is 79.9. The molecule has 136 valence electrons. The summed E-state index contributed by atoms with van der Waals surface area (Å²) >= 11 is 4.48. The fourth-order valence-electron chi connectivity index (χ4n) is 2.23. The van der Waals surface area contributed by atoms with Gasteiger partial charge in [-0.2, -0.15) is 10.4 Å². The zero-order chi connectivity index (χ0) is 19.3. The van der Waals surface area contributed by atoms with Gasteiger partial charge in [0, 0.05) is 0 Å². The Labute approximate surface area is 163 Å². The predicted octanol–water partition coefficient (Wildman–Crippen LogP) is 3.44. The minimum absolute atomic E-state index is 0.319. The number of hydrazone groups is 1. The van der Waals surface area contributed by atoms with E-state index in [2.05, 4.69) is 26.5 Å². The number of halogens is 1. The smallest absolute Gasteiger partial charge is 0.281 e. The van der Waals surface area contributed by atoms with Gasteiger partial charge in [-0.15, -0.1) is 11.3 Å². The van der Waals surface area contributed by atoms with Gasteiger partial charge in [0.2, 0.25) is 0 Å². The molecule has 1 aromatic heterocycles. The quantitative estimate of drug-likeness (QED) is 0.532. The number of nitriles is 1. The van der Waals surface area contributed by atoms with E-state index in [1.165, 1.54) is 6.21 Å². The highest BCUT2D eigenvalue weighted by molar-refractivity contribution is 9.10. The van der Waals surface area contributed by atoms with Crippen LogP contribution in [0.15, 0.2) is 21.7 Å². The molecule has 0 aliphatic heterocycles. The van der Waals surface area contributed by atoms with Crippen LogP contribution in [0.5, 0.6) is 11.5 Å². The minimum Gasteiger partial charge on any atom is -0.492 e. The number of benzene rings is 1. The van der Waals surface area contributed by atoms with Crippen LogP contribution < -0.4 is 20.6 Å². The lowest BCUT2D eigenvalue weighted by Gasteiger charge is -2.11. The van der Waals surface area contributed by atoms with Crippen molar-refractivity contribution in [1.82, 2.24) is 5.43 Å². The van der Waals surface area contributed by atoms with Crippen molar-refractivity contribution in [2.24, 2.45) is 5.10 Å². The van der Waals surface area contributed by atoms with Crippen molar-refractivity contribution in [2.75, 3.05) is 19.5 Å². The van der Waals surface area contributed by atoms with Crippen LogP contribution in [0.25, 0.3) is 0 Å². The number of nitrogens with zero attached hydrogens (tertiary/aromatic N) is 2. The molecule has 2 aromatic rings. The van der Waals surface area contributed by atoms with Crippen LogP contribution in [0.3, 0.4) is 0 Å². The summed E-state index contributed by atoms with van der Waals surface area (Å²) in [6.45, 7) is 4.04. The van der Waals surface area contributed by atoms with Crippen LogP contribution in [-0.4, -0.2) is 25.8 Å². The van der Waals surface area contributed by atoms with Crippen molar-refractivity contribution >= 4 is 44.4 Å². The molecule has 0 saturated carbocycles.